The topological polar surface area (TPSA) is 55.4 Å². The van der Waals surface area contributed by atoms with Crippen molar-refractivity contribution in [1.82, 2.24) is 4.72 Å². The fraction of sp³-hybridized carbons (Fsp3) is 0.455. The van der Waals surface area contributed by atoms with Crippen LogP contribution < -0.4 is 4.72 Å². The van der Waals surface area contributed by atoms with E-state index in [2.05, 4.69) is 4.72 Å². The van der Waals surface area contributed by atoms with Gasteiger partial charge in [-0.3, -0.25) is 0 Å². The average molecular weight is 310 g/mol. The maximum absolute atomic E-state index is 12.0. The molecular formula is C11H13Cl2NO3S. The Labute approximate surface area is 116 Å². The van der Waals surface area contributed by atoms with Crippen LogP contribution in [0.1, 0.15) is 12.8 Å². The van der Waals surface area contributed by atoms with Gasteiger partial charge in [0.15, 0.2) is 0 Å². The highest BCUT2D eigenvalue weighted by Crippen LogP contribution is 2.22. The van der Waals surface area contributed by atoms with Crippen molar-refractivity contribution in [3.05, 3.63) is 28.2 Å². The van der Waals surface area contributed by atoms with Crippen molar-refractivity contribution in [3.8, 4) is 0 Å². The third-order valence-electron chi connectivity index (χ3n) is 2.67. The van der Waals surface area contributed by atoms with E-state index in [9.17, 15) is 8.42 Å². The molecule has 4 nitrogen and oxygen atoms in total. The van der Waals surface area contributed by atoms with Crippen molar-refractivity contribution in [3.63, 3.8) is 0 Å². The van der Waals surface area contributed by atoms with Crippen molar-refractivity contribution in [2.45, 2.75) is 23.8 Å². The maximum atomic E-state index is 12.0. The number of halogens is 2. The molecule has 1 N–H and O–H groups in total. The van der Waals surface area contributed by atoms with Crippen LogP contribution in [0.5, 0.6) is 0 Å². The van der Waals surface area contributed by atoms with Gasteiger partial charge >= 0.3 is 0 Å². The second-order valence-corrected chi connectivity index (χ2v) is 6.73. The molecule has 1 aromatic carbocycles. The molecule has 1 fully saturated rings. The van der Waals surface area contributed by atoms with Gasteiger partial charge in [0.1, 0.15) is 0 Å². The van der Waals surface area contributed by atoms with Gasteiger partial charge < -0.3 is 4.74 Å². The Morgan fingerprint density at radius 3 is 2.50 bits per heavy atom. The molecule has 1 heterocycles. The van der Waals surface area contributed by atoms with Crippen LogP contribution in [0.3, 0.4) is 0 Å². The lowest BCUT2D eigenvalue weighted by atomic mass is 10.2. The molecule has 1 aliphatic heterocycles. The molecule has 0 amide bonds. The highest BCUT2D eigenvalue weighted by atomic mass is 35.5. The van der Waals surface area contributed by atoms with Gasteiger partial charge in [-0.25, -0.2) is 13.1 Å². The number of nitrogens with one attached hydrogen (secondary N) is 1. The second kappa shape index (κ2) is 5.75. The Hall–Kier alpha value is -0.330. The lowest BCUT2D eigenvalue weighted by molar-refractivity contribution is 0.114. The van der Waals surface area contributed by atoms with Crippen LogP contribution in [0.4, 0.5) is 0 Å². The minimum atomic E-state index is -3.59. The predicted octanol–water partition coefficient (Wildman–Crippen LogP) is 2.45. The molecule has 1 aliphatic rings. The van der Waals surface area contributed by atoms with E-state index < -0.39 is 10.0 Å². The van der Waals surface area contributed by atoms with Crippen molar-refractivity contribution in [1.29, 1.82) is 0 Å². The molecule has 1 atom stereocenters. The SMILES string of the molecule is O=S(=O)(NC[C@@H]1CCCO1)c1cc(Cl)cc(Cl)c1. The van der Waals surface area contributed by atoms with Crippen LogP contribution >= 0.6 is 23.2 Å². The van der Waals surface area contributed by atoms with Crippen molar-refractivity contribution in [2.75, 3.05) is 13.2 Å². The maximum Gasteiger partial charge on any atom is 0.240 e. The Balaban J connectivity index is 2.09. The molecular weight excluding hydrogens is 297 g/mol. The summed E-state index contributed by atoms with van der Waals surface area (Å²) in [4.78, 5) is 0.0676. The standard InChI is InChI=1S/C11H13Cl2NO3S/c12-8-4-9(13)6-11(5-8)18(15,16)14-7-10-2-1-3-17-10/h4-6,10,14H,1-3,7H2/t10-/m0/s1. The number of ether oxygens (including phenoxy) is 1. The minimum Gasteiger partial charge on any atom is -0.377 e. The van der Waals surface area contributed by atoms with E-state index in [0.717, 1.165) is 12.8 Å². The average Bonchev–Trinajstić information content (AvgIpc) is 2.78. The van der Waals surface area contributed by atoms with Crippen LogP contribution in [-0.4, -0.2) is 27.7 Å². The first-order chi connectivity index (χ1) is 8.47. The summed E-state index contributed by atoms with van der Waals surface area (Å²) in [5, 5.41) is 0.583. The number of rotatable bonds is 4. The van der Waals surface area contributed by atoms with E-state index in [-0.39, 0.29) is 17.5 Å². The molecule has 2 rings (SSSR count). The summed E-state index contributed by atoms with van der Waals surface area (Å²) in [5.41, 5.74) is 0. The molecule has 0 spiro atoms. The molecule has 1 aromatic rings. The summed E-state index contributed by atoms with van der Waals surface area (Å²) < 4.78 is 31.9. The largest absolute Gasteiger partial charge is 0.377 e. The molecule has 0 aromatic heterocycles. The first kappa shape index (κ1) is 14.1. The Bertz CT molecular complexity index is 507. The summed E-state index contributed by atoms with van der Waals surface area (Å²) in [6, 6.07) is 4.22. The second-order valence-electron chi connectivity index (χ2n) is 4.09. The molecule has 0 unspecified atom stereocenters. The monoisotopic (exact) mass is 309 g/mol. The van der Waals surface area contributed by atoms with Crippen LogP contribution in [0.2, 0.25) is 10.0 Å². The number of hydrogen-bond donors (Lipinski definition) is 1. The first-order valence-corrected chi connectivity index (χ1v) is 7.79. The lowest BCUT2D eigenvalue weighted by Gasteiger charge is -2.11. The van der Waals surface area contributed by atoms with E-state index >= 15 is 0 Å². The summed E-state index contributed by atoms with van der Waals surface area (Å²) in [6.45, 7) is 0.960. The molecule has 0 radical (unpaired) electrons. The Morgan fingerprint density at radius 2 is 1.94 bits per heavy atom. The van der Waals surface area contributed by atoms with Gasteiger partial charge in [0.2, 0.25) is 10.0 Å². The molecule has 0 saturated carbocycles. The fourth-order valence-electron chi connectivity index (χ4n) is 1.77. The van der Waals surface area contributed by atoms with Gasteiger partial charge in [-0.2, -0.15) is 0 Å². The molecule has 100 valence electrons. The molecule has 0 bridgehead atoms. The predicted molar refractivity (Wildman–Crippen MR) is 70.6 cm³/mol. The van der Waals surface area contributed by atoms with E-state index in [4.69, 9.17) is 27.9 Å². The van der Waals surface area contributed by atoms with Gasteiger partial charge in [0.05, 0.1) is 11.0 Å². The third kappa shape index (κ3) is 3.59. The van der Waals surface area contributed by atoms with Gasteiger partial charge in [0.25, 0.3) is 0 Å². The van der Waals surface area contributed by atoms with Gasteiger partial charge in [-0.1, -0.05) is 23.2 Å². The van der Waals surface area contributed by atoms with Crippen LogP contribution in [0, 0.1) is 0 Å². The minimum absolute atomic E-state index is 0.0468. The zero-order valence-corrected chi connectivity index (χ0v) is 11.9. The zero-order chi connectivity index (χ0) is 13.2. The molecule has 18 heavy (non-hydrogen) atoms. The smallest absolute Gasteiger partial charge is 0.240 e. The Kier molecular flexibility index (Phi) is 4.50. The fourth-order valence-corrected chi connectivity index (χ4v) is 3.57. The lowest BCUT2D eigenvalue weighted by Crippen LogP contribution is -2.31. The van der Waals surface area contributed by atoms with E-state index in [1.54, 1.807) is 0 Å². The molecule has 1 saturated heterocycles. The molecule has 7 heteroatoms. The Morgan fingerprint density at radius 1 is 1.28 bits per heavy atom. The van der Waals surface area contributed by atoms with Crippen molar-refractivity contribution < 1.29 is 13.2 Å². The number of benzene rings is 1. The van der Waals surface area contributed by atoms with Gasteiger partial charge in [0, 0.05) is 23.2 Å². The quantitative estimate of drug-likeness (QED) is 0.929. The highest BCUT2D eigenvalue weighted by molar-refractivity contribution is 7.89. The van der Waals surface area contributed by atoms with Crippen LogP contribution in [0.15, 0.2) is 23.1 Å². The normalized spacial score (nSPS) is 20.2. The van der Waals surface area contributed by atoms with Crippen molar-refractivity contribution >= 4 is 33.2 Å². The van der Waals surface area contributed by atoms with E-state index in [1.165, 1.54) is 18.2 Å². The summed E-state index contributed by atoms with van der Waals surface area (Å²) >= 11 is 11.6. The van der Waals surface area contributed by atoms with Gasteiger partial charge in [-0.15, -0.1) is 0 Å². The third-order valence-corrected chi connectivity index (χ3v) is 4.51. The number of sulfonamides is 1. The van der Waals surface area contributed by atoms with Crippen LogP contribution in [-0.2, 0) is 14.8 Å². The highest BCUT2D eigenvalue weighted by Gasteiger charge is 2.20. The summed E-state index contributed by atoms with van der Waals surface area (Å²) in [5.74, 6) is 0. The summed E-state index contributed by atoms with van der Waals surface area (Å²) in [7, 11) is -3.59. The van der Waals surface area contributed by atoms with E-state index in [1.807, 2.05) is 0 Å². The first-order valence-electron chi connectivity index (χ1n) is 5.55. The molecule has 0 aliphatic carbocycles. The summed E-state index contributed by atoms with van der Waals surface area (Å²) in [6.07, 6.45) is 1.79. The van der Waals surface area contributed by atoms with Crippen molar-refractivity contribution in [2.24, 2.45) is 0 Å². The van der Waals surface area contributed by atoms with E-state index in [0.29, 0.717) is 16.7 Å². The van der Waals surface area contributed by atoms with Gasteiger partial charge in [-0.05, 0) is 31.0 Å². The number of hydrogen-bond acceptors (Lipinski definition) is 3. The van der Waals surface area contributed by atoms with Crippen LogP contribution in [0.25, 0.3) is 0 Å². The zero-order valence-electron chi connectivity index (χ0n) is 9.53.